The van der Waals surface area contributed by atoms with Gasteiger partial charge in [0.05, 0.1) is 0 Å². The van der Waals surface area contributed by atoms with Crippen LogP contribution in [0, 0.1) is 0 Å². The van der Waals surface area contributed by atoms with Crippen molar-refractivity contribution in [1.29, 1.82) is 0.879 Å². The van der Waals surface area contributed by atoms with Crippen LogP contribution in [0.25, 0.3) is 0 Å². The zero-order valence-electron chi connectivity index (χ0n) is 2.58. The standard InChI is InChI=1S/3HI.V.H/h3*1H;;/q;;;+3;/p-3/i;;;;1+2. The summed E-state index contributed by atoms with van der Waals surface area (Å²) in [5.74, 6) is 0. The van der Waals surface area contributed by atoms with Crippen LogP contribution in [0.1, 0.15) is 0 Å². The van der Waals surface area contributed by atoms with E-state index in [1.807, 2.05) is 0 Å². The van der Waals surface area contributed by atoms with E-state index in [-0.39, 0.29) is 0 Å². The maximum atomic E-state index is 7.07. The molecule has 27 valence electrons. The summed E-state index contributed by atoms with van der Waals surface area (Å²) in [7, 11) is 0. The first-order valence-electron chi connectivity index (χ1n) is 0.954. The van der Waals surface area contributed by atoms with E-state index in [1.165, 1.54) is 0 Å². The fourth-order valence-corrected chi connectivity index (χ4v) is 0. The van der Waals surface area contributed by atoms with Crippen LogP contribution in [-0.4, -0.2) is 0.879 Å². The van der Waals surface area contributed by atoms with Crippen molar-refractivity contribution in [2.45, 2.75) is 0 Å². The first-order chi connectivity index (χ1) is 2.00. The van der Waals surface area contributed by atoms with Gasteiger partial charge in [-0.1, -0.05) is 0 Å². The molecule has 0 aromatic rings. The van der Waals surface area contributed by atoms with Gasteiger partial charge in [-0.3, -0.25) is 0 Å². The summed E-state index contributed by atoms with van der Waals surface area (Å²) < 4.78 is 5.35. The fraction of sp³-hybridized carbons (Fsp3) is 0. The molecule has 0 aromatic carbocycles. The van der Waals surface area contributed by atoms with Crippen molar-refractivity contribution in [2.75, 3.05) is 0 Å². The van der Waals surface area contributed by atoms with Crippen molar-refractivity contribution in [1.82, 2.24) is 0 Å². The van der Waals surface area contributed by atoms with E-state index in [4.69, 9.17) is 0.879 Å². The molecule has 0 spiro atoms. The summed E-state index contributed by atoms with van der Waals surface area (Å²) in [5, 5.41) is 0. The Labute approximate surface area is 64.0 Å². The fourth-order valence-electron chi connectivity index (χ4n) is 0. The number of rotatable bonds is 0. The Morgan fingerprint density at radius 2 is 1.50 bits per heavy atom. The third-order valence-corrected chi connectivity index (χ3v) is 0. The van der Waals surface area contributed by atoms with Crippen LogP contribution < -0.4 is 0 Å². The van der Waals surface area contributed by atoms with Gasteiger partial charge in [-0.15, -0.1) is 0 Å². The van der Waals surface area contributed by atoms with Crippen molar-refractivity contribution in [2.24, 2.45) is 0 Å². The molecule has 0 fully saturated rings. The summed E-state index contributed by atoms with van der Waals surface area (Å²) in [5.41, 5.74) is 0. The van der Waals surface area contributed by atoms with Crippen molar-refractivity contribution in [3.63, 3.8) is 0 Å². The Morgan fingerprint density at radius 3 is 1.50 bits per heavy atom. The van der Waals surface area contributed by atoms with Crippen LogP contribution in [-0.2, 0) is 4.77 Å². The third-order valence-electron chi connectivity index (χ3n) is 0. The Hall–Kier alpha value is 2.77. The average molecular weight is 435 g/mol. The normalized spacial score (nSPS) is 15.2. The van der Waals surface area contributed by atoms with Gasteiger partial charge in [-0.2, -0.15) is 0 Å². The van der Waals surface area contributed by atoms with Gasteiger partial charge in [0.15, 0.2) is 0 Å². The monoisotopic (exact) mass is 435 g/mol. The third kappa shape index (κ3) is 8.84. The molecule has 0 heterocycles. The van der Waals surface area contributed by atoms with E-state index in [9.17, 15) is 0 Å². The number of hydrogen-bond donors (Lipinski definition) is 0. The molecule has 0 rings (SSSR count). The van der Waals surface area contributed by atoms with Crippen molar-refractivity contribution >= 4 is 59.9 Å². The number of hydrogen-bond acceptors (Lipinski definition) is 0. The summed E-state index contributed by atoms with van der Waals surface area (Å²) in [4.78, 5) is 0. The van der Waals surface area contributed by atoms with E-state index in [2.05, 4.69) is 59.9 Å². The second-order valence-corrected chi connectivity index (χ2v) is 35.6. The predicted molar refractivity (Wildman–Crippen MR) is 43.5 cm³/mol. The zero-order chi connectivity index (χ0) is 4.50. The second-order valence-electron chi connectivity index (χ2n) is 0.192. The predicted octanol–water partition coefficient (Wildman–Crippen LogP) is 2.39. The van der Waals surface area contributed by atoms with Gasteiger partial charge in [0.25, 0.3) is 0 Å². The Bertz CT molecular complexity index is 22.4. The molecule has 0 aliphatic rings. The van der Waals surface area contributed by atoms with E-state index in [1.54, 1.807) is 0 Å². The van der Waals surface area contributed by atoms with Crippen LogP contribution in [0.5, 0.6) is 0 Å². The molecule has 0 atom stereocenters. The van der Waals surface area contributed by atoms with E-state index >= 15 is 0 Å². The molecule has 0 saturated carbocycles. The minimum atomic E-state index is -1.72. The summed E-state index contributed by atoms with van der Waals surface area (Å²) >= 11 is 6.57. The molecule has 0 radical (unpaired) electrons. The first kappa shape index (κ1) is 4.92. The molecule has 0 aliphatic carbocycles. The van der Waals surface area contributed by atoms with Crippen molar-refractivity contribution in [3.05, 3.63) is 0 Å². The first-order valence-corrected chi connectivity index (χ1v) is 14.0. The quantitative estimate of drug-likeness (QED) is 0.514. The van der Waals surface area contributed by atoms with Gasteiger partial charge in [0, 0.05) is 0 Å². The minimum absolute atomic E-state index is 1.72. The van der Waals surface area contributed by atoms with Gasteiger partial charge in [-0.25, -0.2) is 0 Å². The molecule has 0 aliphatic heterocycles. The van der Waals surface area contributed by atoms with Crippen LogP contribution in [0.4, 0.5) is 0 Å². The van der Waals surface area contributed by atoms with Crippen LogP contribution in [0.15, 0.2) is 0 Å². The maximum absolute atomic E-state index is 7.07. The van der Waals surface area contributed by atoms with Gasteiger partial charge in [0.1, 0.15) is 0 Å². The molecule has 4 heavy (non-hydrogen) atoms. The summed E-state index contributed by atoms with van der Waals surface area (Å²) in [6.07, 6.45) is 0. The molecule has 0 N–H and O–H groups in total. The molecular weight excluding hydrogens is 432 g/mol. The van der Waals surface area contributed by atoms with Gasteiger partial charge < -0.3 is 0 Å². The molecular formula is HI3V. The summed E-state index contributed by atoms with van der Waals surface area (Å²) in [6.45, 7) is 0. The molecule has 0 amide bonds. The van der Waals surface area contributed by atoms with Gasteiger partial charge in [-0.05, 0) is 0 Å². The Balaban J connectivity index is 3.02. The van der Waals surface area contributed by atoms with Crippen LogP contribution >= 0.6 is 59.9 Å². The van der Waals surface area contributed by atoms with Gasteiger partial charge in [0.2, 0.25) is 0 Å². The second kappa shape index (κ2) is 3.95. The van der Waals surface area contributed by atoms with E-state index in [0.29, 0.717) is 0 Å². The van der Waals surface area contributed by atoms with Crippen molar-refractivity contribution in [3.8, 4) is 0 Å². The SMILES string of the molecule is [3H][V]([I])([I])[I]. The van der Waals surface area contributed by atoms with Gasteiger partial charge >= 0.3 is 65.6 Å². The average Bonchev–Trinajstić information content (AvgIpc) is 0.722. The molecule has 0 bridgehead atoms. The molecule has 0 saturated heterocycles. The van der Waals surface area contributed by atoms with E-state index in [0.717, 1.165) is 0 Å². The Kier molecular flexibility index (Phi) is 4.86. The molecule has 0 unspecified atom stereocenters. The zero-order valence-corrected chi connectivity index (χ0v) is 9.45. The number of halogens is 3. The van der Waals surface area contributed by atoms with E-state index < -0.39 is 4.77 Å². The van der Waals surface area contributed by atoms with Crippen molar-refractivity contribution < 1.29 is 4.77 Å². The summed E-state index contributed by atoms with van der Waals surface area (Å²) in [6, 6.07) is 0. The Morgan fingerprint density at radius 1 is 1.50 bits per heavy atom. The molecule has 4 heteroatoms. The topological polar surface area (TPSA) is 0 Å². The molecule has 0 aromatic heterocycles. The van der Waals surface area contributed by atoms with Crippen LogP contribution in [0.2, 0.25) is 0 Å². The molecule has 0 nitrogen and oxygen atoms in total. The van der Waals surface area contributed by atoms with Crippen LogP contribution in [0.3, 0.4) is 0 Å².